The minimum atomic E-state index is -0.365. The fourth-order valence-electron chi connectivity index (χ4n) is 5.27. The van der Waals surface area contributed by atoms with E-state index in [1.165, 1.54) is 12.1 Å². The van der Waals surface area contributed by atoms with Crippen molar-refractivity contribution < 1.29 is 8.78 Å². The normalized spacial score (nSPS) is 19.9. The summed E-state index contributed by atoms with van der Waals surface area (Å²) < 4.78 is 28.7. The molecular formula is C23H18F2N4. The summed E-state index contributed by atoms with van der Waals surface area (Å²) in [6.07, 6.45) is 2.30. The summed E-state index contributed by atoms with van der Waals surface area (Å²) in [6.45, 7) is 0. The first-order valence-electron chi connectivity index (χ1n) is 9.76. The van der Waals surface area contributed by atoms with Gasteiger partial charge in [-0.25, -0.2) is 18.7 Å². The third kappa shape index (κ3) is 2.17. The van der Waals surface area contributed by atoms with Crippen LogP contribution in [0.2, 0.25) is 0 Å². The molecule has 4 nitrogen and oxygen atoms in total. The highest BCUT2D eigenvalue weighted by molar-refractivity contribution is 5.96. The number of pyridine rings is 2. The SMILES string of the molecule is Nc1c2c(nc3c(F)cccc13)CC1Cc3nc4c(F)cccc4c(N)c3C2C1. The molecule has 2 aliphatic rings. The molecule has 29 heavy (non-hydrogen) atoms. The third-order valence-corrected chi connectivity index (χ3v) is 6.48. The minimum Gasteiger partial charge on any atom is -0.398 e. The van der Waals surface area contributed by atoms with Crippen LogP contribution in [0.3, 0.4) is 0 Å². The Morgan fingerprint density at radius 2 is 1.24 bits per heavy atom. The topological polar surface area (TPSA) is 77.8 Å². The van der Waals surface area contributed by atoms with Crippen molar-refractivity contribution in [2.75, 3.05) is 11.5 Å². The zero-order valence-electron chi connectivity index (χ0n) is 15.5. The van der Waals surface area contributed by atoms with Crippen LogP contribution in [0.4, 0.5) is 20.2 Å². The smallest absolute Gasteiger partial charge is 0.149 e. The first-order valence-corrected chi connectivity index (χ1v) is 9.76. The van der Waals surface area contributed by atoms with Gasteiger partial charge >= 0.3 is 0 Å². The number of nitrogens with zero attached hydrogens (tertiary/aromatic N) is 2. The van der Waals surface area contributed by atoms with Crippen LogP contribution in [0.25, 0.3) is 21.8 Å². The lowest BCUT2D eigenvalue weighted by Gasteiger charge is -2.38. The Morgan fingerprint density at radius 3 is 1.72 bits per heavy atom. The van der Waals surface area contributed by atoms with Gasteiger partial charge in [0.2, 0.25) is 0 Å². The maximum atomic E-state index is 14.4. The van der Waals surface area contributed by atoms with Gasteiger partial charge in [-0.1, -0.05) is 24.3 Å². The predicted molar refractivity (Wildman–Crippen MR) is 110 cm³/mol. The molecule has 0 radical (unpaired) electrons. The number of anilines is 2. The quantitative estimate of drug-likeness (QED) is 0.466. The molecule has 4 aromatic rings. The molecule has 0 spiro atoms. The number of fused-ring (bicyclic) bond motifs is 8. The van der Waals surface area contributed by atoms with Gasteiger partial charge in [0.25, 0.3) is 0 Å². The third-order valence-electron chi connectivity index (χ3n) is 6.48. The monoisotopic (exact) mass is 388 g/mol. The predicted octanol–water partition coefficient (Wildman–Crippen LogP) is 4.48. The molecule has 0 amide bonds. The van der Waals surface area contributed by atoms with Gasteiger partial charge in [-0.2, -0.15) is 0 Å². The van der Waals surface area contributed by atoms with Crippen molar-refractivity contribution in [3.05, 3.63) is 70.5 Å². The molecular weight excluding hydrogens is 370 g/mol. The Kier molecular flexibility index (Phi) is 3.23. The molecule has 0 fully saturated rings. The highest BCUT2D eigenvalue weighted by Crippen LogP contribution is 2.51. The van der Waals surface area contributed by atoms with Gasteiger partial charge in [-0.3, -0.25) is 0 Å². The number of para-hydroxylation sites is 2. The first-order chi connectivity index (χ1) is 14.0. The van der Waals surface area contributed by atoms with Gasteiger partial charge in [0.05, 0.1) is 0 Å². The van der Waals surface area contributed by atoms with Crippen molar-refractivity contribution in [1.82, 2.24) is 9.97 Å². The van der Waals surface area contributed by atoms with Crippen molar-refractivity contribution in [3.63, 3.8) is 0 Å². The van der Waals surface area contributed by atoms with Crippen molar-refractivity contribution in [2.45, 2.75) is 25.2 Å². The van der Waals surface area contributed by atoms with E-state index >= 15 is 0 Å². The fraction of sp³-hybridized carbons (Fsp3) is 0.217. The number of aromatic nitrogens is 2. The zero-order chi connectivity index (χ0) is 19.9. The highest BCUT2D eigenvalue weighted by atomic mass is 19.1. The van der Waals surface area contributed by atoms with E-state index in [1.54, 1.807) is 24.3 Å². The Bertz CT molecular complexity index is 1250. The van der Waals surface area contributed by atoms with Gasteiger partial charge in [0.1, 0.15) is 22.7 Å². The number of halogens is 2. The lowest BCUT2D eigenvalue weighted by Crippen LogP contribution is -2.30. The molecule has 2 aliphatic carbocycles. The summed E-state index contributed by atoms with van der Waals surface area (Å²) in [6, 6.07) is 9.71. The second-order valence-electron chi connectivity index (χ2n) is 8.11. The van der Waals surface area contributed by atoms with E-state index in [0.29, 0.717) is 51.9 Å². The number of rotatable bonds is 0. The van der Waals surface area contributed by atoms with Crippen molar-refractivity contribution in [3.8, 4) is 0 Å². The Balaban J connectivity index is 1.68. The summed E-state index contributed by atoms with van der Waals surface area (Å²) in [4.78, 5) is 9.32. The molecule has 0 saturated carbocycles. The summed E-state index contributed by atoms with van der Waals surface area (Å²) in [7, 11) is 0. The molecule has 2 bridgehead atoms. The standard InChI is InChI=1S/C23H18F2N4/c24-14-5-1-3-11-20(26)18-13-7-10(8-16(18)28-22(11)14)9-17-19(13)21(27)12-4-2-6-15(25)23(12)29-17/h1-6,10,13H,7-9H2,(H2,26,28)(H2,27,29). The molecule has 2 heterocycles. The van der Waals surface area contributed by atoms with Crippen LogP contribution in [0.1, 0.15) is 34.9 Å². The number of nitrogen functional groups attached to an aromatic ring is 2. The van der Waals surface area contributed by atoms with Crippen molar-refractivity contribution in [1.29, 1.82) is 0 Å². The molecule has 0 saturated heterocycles. The molecule has 2 aromatic heterocycles. The Morgan fingerprint density at radius 1 is 0.759 bits per heavy atom. The summed E-state index contributed by atoms with van der Waals surface area (Å²) in [5.41, 5.74) is 18.4. The summed E-state index contributed by atoms with van der Waals surface area (Å²) in [5.74, 6) is -0.494. The van der Waals surface area contributed by atoms with Gasteiger partial charge in [0, 0.05) is 50.6 Å². The van der Waals surface area contributed by atoms with Crippen LogP contribution in [-0.4, -0.2) is 9.97 Å². The number of hydrogen-bond donors (Lipinski definition) is 2. The second kappa shape index (κ2) is 5.63. The average molecular weight is 388 g/mol. The van der Waals surface area contributed by atoms with Gasteiger partial charge in [0.15, 0.2) is 0 Å². The van der Waals surface area contributed by atoms with E-state index in [0.717, 1.165) is 28.9 Å². The van der Waals surface area contributed by atoms with Crippen LogP contribution in [0, 0.1) is 17.6 Å². The molecule has 6 heteroatoms. The lowest BCUT2D eigenvalue weighted by atomic mass is 9.68. The molecule has 6 rings (SSSR count). The number of hydrogen-bond acceptors (Lipinski definition) is 4. The van der Waals surface area contributed by atoms with E-state index < -0.39 is 0 Å². The largest absolute Gasteiger partial charge is 0.398 e. The second-order valence-corrected chi connectivity index (χ2v) is 8.11. The average Bonchev–Trinajstić information content (AvgIpc) is 2.69. The van der Waals surface area contributed by atoms with E-state index in [9.17, 15) is 8.78 Å². The molecule has 0 aliphatic heterocycles. The molecule has 4 N–H and O–H groups in total. The maximum Gasteiger partial charge on any atom is 0.149 e. The van der Waals surface area contributed by atoms with Crippen LogP contribution in [0.5, 0.6) is 0 Å². The van der Waals surface area contributed by atoms with Crippen LogP contribution in [-0.2, 0) is 12.8 Å². The first kappa shape index (κ1) is 16.7. The van der Waals surface area contributed by atoms with Crippen molar-refractivity contribution >= 4 is 33.2 Å². The minimum absolute atomic E-state index is 0.0622. The zero-order valence-corrected chi connectivity index (χ0v) is 15.5. The van der Waals surface area contributed by atoms with Crippen LogP contribution in [0.15, 0.2) is 36.4 Å². The molecule has 144 valence electrons. The summed E-state index contributed by atoms with van der Waals surface area (Å²) in [5, 5.41) is 1.24. The maximum absolute atomic E-state index is 14.4. The van der Waals surface area contributed by atoms with E-state index in [2.05, 4.69) is 9.97 Å². The Labute approximate surface area is 165 Å². The molecule has 2 aromatic carbocycles. The Hall–Kier alpha value is -3.28. The van der Waals surface area contributed by atoms with Crippen LogP contribution >= 0.6 is 0 Å². The van der Waals surface area contributed by atoms with E-state index in [1.807, 2.05) is 0 Å². The number of nitrogens with two attached hydrogens (primary N) is 2. The molecule has 0 atom stereocenters. The van der Waals surface area contributed by atoms with E-state index in [4.69, 9.17) is 11.5 Å². The van der Waals surface area contributed by atoms with Gasteiger partial charge < -0.3 is 11.5 Å². The highest BCUT2D eigenvalue weighted by Gasteiger charge is 2.39. The molecule has 0 unspecified atom stereocenters. The van der Waals surface area contributed by atoms with Gasteiger partial charge in [-0.05, 0) is 37.3 Å². The van der Waals surface area contributed by atoms with Gasteiger partial charge in [-0.15, -0.1) is 0 Å². The van der Waals surface area contributed by atoms with Crippen molar-refractivity contribution in [2.24, 2.45) is 5.92 Å². The van der Waals surface area contributed by atoms with Crippen LogP contribution < -0.4 is 11.5 Å². The summed E-state index contributed by atoms with van der Waals surface area (Å²) >= 11 is 0. The number of benzene rings is 2. The fourth-order valence-corrected chi connectivity index (χ4v) is 5.27. The lowest BCUT2D eigenvalue weighted by molar-refractivity contribution is 0.391. The van der Waals surface area contributed by atoms with E-state index in [-0.39, 0.29) is 17.6 Å².